The summed E-state index contributed by atoms with van der Waals surface area (Å²) in [6.07, 6.45) is 8.08. The molecule has 1 aliphatic heterocycles. The lowest BCUT2D eigenvalue weighted by atomic mass is 9.85. The second-order valence-corrected chi connectivity index (χ2v) is 7.50. The number of amides is 2. The van der Waals surface area contributed by atoms with Crippen LogP contribution in [0.25, 0.3) is 0 Å². The number of hydrazone groups is 1. The van der Waals surface area contributed by atoms with Crippen LogP contribution in [0.1, 0.15) is 18.9 Å². The molecule has 4 atom stereocenters. The van der Waals surface area contributed by atoms with E-state index in [1.807, 2.05) is 6.92 Å². The summed E-state index contributed by atoms with van der Waals surface area (Å²) in [6.45, 7) is 6.21. The van der Waals surface area contributed by atoms with Crippen molar-refractivity contribution in [3.63, 3.8) is 0 Å². The van der Waals surface area contributed by atoms with E-state index in [4.69, 9.17) is 21.1 Å². The number of nitrogens with zero attached hydrogens (tertiary/aromatic N) is 2. The molecule has 0 radical (unpaired) electrons. The number of hydrogen-bond acceptors (Lipinski definition) is 5. The average Bonchev–Trinajstić information content (AvgIpc) is 3.34. The van der Waals surface area contributed by atoms with Crippen molar-refractivity contribution in [2.45, 2.75) is 13.3 Å². The van der Waals surface area contributed by atoms with Crippen molar-refractivity contribution in [2.75, 3.05) is 13.2 Å². The molecule has 1 saturated carbocycles. The molecule has 146 valence electrons. The van der Waals surface area contributed by atoms with Gasteiger partial charge in [0.05, 0.1) is 29.7 Å². The maximum atomic E-state index is 12.7. The molecule has 3 aliphatic rings. The molecule has 1 heterocycles. The smallest absolute Gasteiger partial charge is 0.254 e. The lowest BCUT2D eigenvalue weighted by Crippen LogP contribution is -2.28. The molecule has 2 amide bonds. The Bertz CT molecular complexity index is 865. The molecule has 0 unspecified atom stereocenters. The van der Waals surface area contributed by atoms with Gasteiger partial charge in [0.1, 0.15) is 6.61 Å². The van der Waals surface area contributed by atoms with Crippen molar-refractivity contribution in [2.24, 2.45) is 28.8 Å². The largest absolute Gasteiger partial charge is 0.490 e. The van der Waals surface area contributed by atoms with E-state index < -0.39 is 0 Å². The minimum absolute atomic E-state index is 0.159. The Labute approximate surface area is 168 Å². The zero-order valence-corrected chi connectivity index (χ0v) is 16.3. The first kappa shape index (κ1) is 18.7. The monoisotopic (exact) mass is 400 g/mol. The fourth-order valence-corrected chi connectivity index (χ4v) is 4.61. The third-order valence-electron chi connectivity index (χ3n) is 5.45. The zero-order valence-electron chi connectivity index (χ0n) is 15.5. The van der Waals surface area contributed by atoms with Gasteiger partial charge in [-0.05, 0) is 42.9 Å². The maximum absolute atomic E-state index is 12.7. The first-order valence-electron chi connectivity index (χ1n) is 9.35. The Balaban J connectivity index is 1.57. The molecule has 28 heavy (non-hydrogen) atoms. The fraction of sp³-hybridized carbons (Fsp3) is 0.381. The first-order chi connectivity index (χ1) is 13.5. The summed E-state index contributed by atoms with van der Waals surface area (Å²) in [5, 5.41) is 5.54. The minimum Gasteiger partial charge on any atom is -0.490 e. The highest BCUT2D eigenvalue weighted by Gasteiger charge is 2.59. The molecule has 0 aromatic heterocycles. The van der Waals surface area contributed by atoms with Crippen molar-refractivity contribution >= 4 is 29.6 Å². The average molecular weight is 401 g/mol. The number of halogens is 1. The van der Waals surface area contributed by atoms with Crippen LogP contribution in [0.2, 0.25) is 5.02 Å². The van der Waals surface area contributed by atoms with Crippen LogP contribution in [0.5, 0.6) is 11.5 Å². The lowest BCUT2D eigenvalue weighted by Gasteiger charge is -2.14. The predicted molar refractivity (Wildman–Crippen MR) is 105 cm³/mol. The van der Waals surface area contributed by atoms with Gasteiger partial charge in [0.25, 0.3) is 11.8 Å². The Morgan fingerprint density at radius 1 is 1.21 bits per heavy atom. The summed E-state index contributed by atoms with van der Waals surface area (Å²) in [7, 11) is 0. The maximum Gasteiger partial charge on any atom is 0.254 e. The number of ether oxygens (including phenoxy) is 2. The van der Waals surface area contributed by atoms with Gasteiger partial charge in [0.15, 0.2) is 11.5 Å². The van der Waals surface area contributed by atoms with Gasteiger partial charge in [-0.3, -0.25) is 9.59 Å². The van der Waals surface area contributed by atoms with E-state index >= 15 is 0 Å². The number of hydrogen-bond donors (Lipinski definition) is 0. The molecular weight excluding hydrogens is 380 g/mol. The highest BCUT2D eigenvalue weighted by Crippen LogP contribution is 2.52. The van der Waals surface area contributed by atoms with Crippen LogP contribution in [-0.4, -0.2) is 36.3 Å². The Kier molecular flexibility index (Phi) is 4.98. The van der Waals surface area contributed by atoms with Gasteiger partial charge in [0.2, 0.25) is 0 Å². The van der Waals surface area contributed by atoms with Gasteiger partial charge in [-0.2, -0.15) is 10.1 Å². The van der Waals surface area contributed by atoms with Gasteiger partial charge in [-0.25, -0.2) is 0 Å². The van der Waals surface area contributed by atoms with Crippen LogP contribution in [0.15, 0.2) is 42.0 Å². The lowest BCUT2D eigenvalue weighted by molar-refractivity contribution is -0.140. The molecule has 0 spiro atoms. The summed E-state index contributed by atoms with van der Waals surface area (Å²) in [4.78, 5) is 25.4. The molecular formula is C21H21ClN2O4. The number of benzene rings is 1. The van der Waals surface area contributed by atoms with Crippen molar-refractivity contribution < 1.29 is 19.1 Å². The number of rotatable bonds is 7. The second-order valence-electron chi connectivity index (χ2n) is 7.10. The van der Waals surface area contributed by atoms with E-state index in [2.05, 4.69) is 23.8 Å². The van der Waals surface area contributed by atoms with Crippen LogP contribution < -0.4 is 9.47 Å². The van der Waals surface area contributed by atoms with E-state index in [9.17, 15) is 9.59 Å². The molecule has 2 aliphatic carbocycles. The molecule has 2 bridgehead atoms. The third kappa shape index (κ3) is 3.02. The molecule has 2 fully saturated rings. The summed E-state index contributed by atoms with van der Waals surface area (Å²) in [6, 6.07) is 3.37. The molecule has 6 nitrogen and oxygen atoms in total. The summed E-state index contributed by atoms with van der Waals surface area (Å²) in [5.74, 6) is 0.241. The summed E-state index contributed by atoms with van der Waals surface area (Å²) < 4.78 is 11.2. The van der Waals surface area contributed by atoms with Crippen molar-refractivity contribution in [1.82, 2.24) is 5.01 Å². The van der Waals surface area contributed by atoms with Crippen molar-refractivity contribution in [3.05, 3.63) is 47.5 Å². The normalized spacial score (nSPS) is 27.7. The number of allylic oxidation sites excluding steroid dienone is 2. The fourth-order valence-electron chi connectivity index (χ4n) is 4.33. The highest BCUT2D eigenvalue weighted by atomic mass is 35.5. The highest BCUT2D eigenvalue weighted by molar-refractivity contribution is 6.32. The van der Waals surface area contributed by atoms with Gasteiger partial charge in [0, 0.05) is 0 Å². The van der Waals surface area contributed by atoms with E-state index in [1.54, 1.807) is 18.2 Å². The molecule has 1 aromatic carbocycles. The van der Waals surface area contributed by atoms with Crippen molar-refractivity contribution in [3.8, 4) is 11.5 Å². The molecule has 1 saturated heterocycles. The molecule has 1 aromatic rings. The van der Waals surface area contributed by atoms with Crippen LogP contribution in [-0.2, 0) is 9.59 Å². The van der Waals surface area contributed by atoms with Gasteiger partial charge in [-0.15, -0.1) is 0 Å². The van der Waals surface area contributed by atoms with E-state index in [0.29, 0.717) is 35.3 Å². The van der Waals surface area contributed by atoms with E-state index in [-0.39, 0.29) is 35.5 Å². The Hall–Kier alpha value is -2.60. The summed E-state index contributed by atoms with van der Waals surface area (Å²) in [5.41, 5.74) is 0.609. The SMILES string of the molecule is C=CCOc1c(Cl)cc(C=NN2C(=O)[C@@H]3[C@H](C2=O)[C@H]2C=C[C@H]3C2)cc1OCC. The number of fused-ring (bicyclic) bond motifs is 5. The molecule has 0 N–H and O–H groups in total. The predicted octanol–water partition coefficient (Wildman–Crippen LogP) is 3.44. The summed E-state index contributed by atoms with van der Waals surface area (Å²) >= 11 is 6.33. The minimum atomic E-state index is -0.267. The number of carbonyl (C=O) groups excluding carboxylic acids is 2. The quantitative estimate of drug-likeness (QED) is 0.399. The van der Waals surface area contributed by atoms with Gasteiger partial charge < -0.3 is 9.47 Å². The van der Waals surface area contributed by atoms with Crippen LogP contribution >= 0.6 is 11.6 Å². The van der Waals surface area contributed by atoms with Gasteiger partial charge >= 0.3 is 0 Å². The molecule has 4 rings (SSSR count). The van der Waals surface area contributed by atoms with Crippen molar-refractivity contribution in [1.29, 1.82) is 0 Å². The van der Waals surface area contributed by atoms with E-state index in [1.165, 1.54) is 6.21 Å². The Morgan fingerprint density at radius 2 is 1.89 bits per heavy atom. The van der Waals surface area contributed by atoms with Crippen LogP contribution in [0.3, 0.4) is 0 Å². The third-order valence-corrected chi connectivity index (χ3v) is 5.73. The van der Waals surface area contributed by atoms with Gasteiger partial charge in [-0.1, -0.05) is 36.4 Å². The standard InChI is InChI=1S/C21H21ClN2O4/c1-3-7-28-19-15(22)8-12(9-16(19)27-4-2)11-23-24-20(25)17-13-5-6-14(10-13)18(17)21(24)26/h3,5-6,8-9,11,13-14,17-18H,1,4,7,10H2,2H3/t13-,14-,17-,18+/m0/s1. The van der Waals surface area contributed by atoms with Crippen LogP contribution in [0, 0.1) is 23.7 Å². The number of carbonyl (C=O) groups is 2. The van der Waals surface area contributed by atoms with Crippen LogP contribution in [0.4, 0.5) is 0 Å². The first-order valence-corrected chi connectivity index (χ1v) is 9.73. The topological polar surface area (TPSA) is 68.2 Å². The zero-order chi connectivity index (χ0) is 19.8. The Morgan fingerprint density at radius 3 is 2.50 bits per heavy atom. The van der Waals surface area contributed by atoms with E-state index in [0.717, 1.165) is 11.4 Å². The molecule has 7 heteroatoms. The number of imide groups is 1. The second kappa shape index (κ2) is 7.43.